The fraction of sp³-hybridized carbons (Fsp3) is 0.278. The zero-order valence-corrected chi connectivity index (χ0v) is 17.8. The molecule has 2 aromatic heterocycles. The molecule has 0 spiro atoms. The van der Waals surface area contributed by atoms with Crippen LogP contribution in [0.4, 0.5) is 17.5 Å². The smallest absolute Gasteiger partial charge is 0.261 e. The summed E-state index contributed by atoms with van der Waals surface area (Å²) in [6.07, 6.45) is 2.50. The third-order valence-electron chi connectivity index (χ3n) is 4.61. The summed E-state index contributed by atoms with van der Waals surface area (Å²) in [5.41, 5.74) is 8.30. The first-order valence-corrected chi connectivity index (χ1v) is 10.1. The second-order valence-electron chi connectivity index (χ2n) is 6.65. The van der Waals surface area contributed by atoms with Crippen LogP contribution < -0.4 is 21.5 Å². The molecule has 0 amide bonds. The number of hydrogen-bond acceptors (Lipinski definition) is 6. The Bertz CT molecular complexity index is 1080. The van der Waals surface area contributed by atoms with Crippen molar-refractivity contribution in [2.75, 3.05) is 23.3 Å². The van der Waals surface area contributed by atoms with E-state index in [9.17, 15) is 4.79 Å². The zero-order chi connectivity index (χ0) is 19.1. The molecular weight excluding hydrogens is 476 g/mol. The van der Waals surface area contributed by atoms with Crippen molar-refractivity contribution in [3.05, 3.63) is 49.3 Å². The Morgan fingerprint density at radius 3 is 2.81 bits per heavy atom. The van der Waals surface area contributed by atoms with Gasteiger partial charge in [-0.1, -0.05) is 15.9 Å². The number of H-pyrrole nitrogens is 1. The summed E-state index contributed by atoms with van der Waals surface area (Å²) in [7, 11) is 0. The van der Waals surface area contributed by atoms with Gasteiger partial charge in [0.1, 0.15) is 11.2 Å². The number of nitrogens with one attached hydrogen (secondary N) is 2. The van der Waals surface area contributed by atoms with Gasteiger partial charge >= 0.3 is 0 Å². The van der Waals surface area contributed by atoms with Crippen molar-refractivity contribution in [1.82, 2.24) is 15.0 Å². The van der Waals surface area contributed by atoms with E-state index < -0.39 is 0 Å². The number of nitrogens with two attached hydrogens (primary N) is 1. The molecule has 0 saturated carbocycles. The number of pyridine rings is 1. The van der Waals surface area contributed by atoms with Gasteiger partial charge in [-0.2, -0.15) is 4.98 Å². The van der Waals surface area contributed by atoms with Crippen molar-refractivity contribution >= 4 is 60.2 Å². The summed E-state index contributed by atoms with van der Waals surface area (Å²) in [4.78, 5) is 26.6. The standard InChI is InChI=1S/C18H18Br2N6O/c1-9-6-11(2-3-12(9)19)23-16-14-15(13(20)7-22-17(14)27)24-18(25-16)26-5-4-10(21)8-26/h2-3,6-7,10H,4-5,8,21H2,1H3,(H,22,27)(H,23,24,25)/t10-/m1/s1. The summed E-state index contributed by atoms with van der Waals surface area (Å²) in [6.45, 7) is 3.50. The lowest BCUT2D eigenvalue weighted by Gasteiger charge is -2.18. The van der Waals surface area contributed by atoms with Gasteiger partial charge in [0.25, 0.3) is 5.56 Å². The number of hydrogen-bond donors (Lipinski definition) is 3. The lowest BCUT2D eigenvalue weighted by molar-refractivity contribution is 0.750. The molecule has 1 saturated heterocycles. The van der Waals surface area contributed by atoms with Crippen LogP contribution in [0.2, 0.25) is 0 Å². The third kappa shape index (κ3) is 3.59. The maximum Gasteiger partial charge on any atom is 0.261 e. The van der Waals surface area contributed by atoms with Gasteiger partial charge in [-0.3, -0.25) is 4.79 Å². The van der Waals surface area contributed by atoms with E-state index in [-0.39, 0.29) is 11.6 Å². The number of fused-ring (bicyclic) bond motifs is 1. The van der Waals surface area contributed by atoms with Crippen LogP contribution in [0.1, 0.15) is 12.0 Å². The van der Waals surface area contributed by atoms with Gasteiger partial charge in [-0.15, -0.1) is 0 Å². The van der Waals surface area contributed by atoms with Gasteiger partial charge in [0.2, 0.25) is 5.95 Å². The molecule has 3 aromatic rings. The van der Waals surface area contributed by atoms with E-state index in [1.165, 1.54) is 0 Å². The van der Waals surface area contributed by atoms with Crippen LogP contribution >= 0.6 is 31.9 Å². The first-order valence-electron chi connectivity index (χ1n) is 8.55. The summed E-state index contributed by atoms with van der Waals surface area (Å²) in [5, 5.41) is 3.70. The lowest BCUT2D eigenvalue weighted by Crippen LogP contribution is -2.28. The van der Waals surface area contributed by atoms with Gasteiger partial charge in [-0.25, -0.2) is 4.98 Å². The Hall–Kier alpha value is -1.97. The van der Waals surface area contributed by atoms with Gasteiger partial charge in [0.15, 0.2) is 0 Å². The fourth-order valence-electron chi connectivity index (χ4n) is 3.17. The topological polar surface area (TPSA) is 99.9 Å². The van der Waals surface area contributed by atoms with Crippen molar-refractivity contribution in [3.63, 3.8) is 0 Å². The average molecular weight is 494 g/mol. The zero-order valence-electron chi connectivity index (χ0n) is 14.6. The molecule has 1 atom stereocenters. The number of aromatic nitrogens is 3. The maximum atomic E-state index is 12.5. The predicted molar refractivity (Wildman–Crippen MR) is 115 cm³/mol. The highest BCUT2D eigenvalue weighted by Crippen LogP contribution is 2.30. The van der Waals surface area contributed by atoms with Crippen LogP contribution in [-0.2, 0) is 0 Å². The molecule has 1 aromatic carbocycles. The first kappa shape index (κ1) is 18.4. The molecule has 7 nitrogen and oxygen atoms in total. The second kappa shape index (κ2) is 7.21. The molecule has 1 fully saturated rings. The molecule has 4 rings (SSSR count). The highest BCUT2D eigenvalue weighted by molar-refractivity contribution is 9.11. The van der Waals surface area contributed by atoms with E-state index in [4.69, 9.17) is 5.73 Å². The molecule has 0 radical (unpaired) electrons. The van der Waals surface area contributed by atoms with Gasteiger partial charge in [0, 0.05) is 35.5 Å². The number of aryl methyl sites for hydroxylation is 1. The van der Waals surface area contributed by atoms with Crippen LogP contribution in [0.5, 0.6) is 0 Å². The molecule has 9 heteroatoms. The minimum Gasteiger partial charge on any atom is -0.339 e. The summed E-state index contributed by atoms with van der Waals surface area (Å²) < 4.78 is 1.73. The average Bonchev–Trinajstić information content (AvgIpc) is 3.07. The van der Waals surface area contributed by atoms with Crippen molar-refractivity contribution in [1.29, 1.82) is 0 Å². The molecule has 1 aliphatic heterocycles. The number of nitrogens with zero attached hydrogens (tertiary/aromatic N) is 3. The van der Waals surface area contributed by atoms with E-state index in [0.29, 0.717) is 33.7 Å². The maximum absolute atomic E-state index is 12.5. The van der Waals surface area contributed by atoms with Crippen LogP contribution in [0, 0.1) is 6.92 Å². The quantitative estimate of drug-likeness (QED) is 0.516. The molecule has 3 heterocycles. The number of anilines is 3. The molecular formula is C18H18Br2N6O. The Morgan fingerprint density at radius 1 is 1.30 bits per heavy atom. The molecule has 0 bridgehead atoms. The summed E-state index contributed by atoms with van der Waals surface area (Å²) in [6, 6.07) is 6.00. The van der Waals surface area contributed by atoms with E-state index in [1.54, 1.807) is 6.20 Å². The highest BCUT2D eigenvalue weighted by atomic mass is 79.9. The van der Waals surface area contributed by atoms with E-state index in [1.807, 2.05) is 25.1 Å². The van der Waals surface area contributed by atoms with Gasteiger partial charge < -0.3 is 20.9 Å². The molecule has 4 N–H and O–H groups in total. The highest BCUT2D eigenvalue weighted by Gasteiger charge is 2.24. The SMILES string of the molecule is Cc1cc(Nc2nc(N3CC[C@@H](N)C3)nc3c(Br)c[nH]c(=O)c23)ccc1Br. The molecule has 140 valence electrons. The Labute approximate surface area is 172 Å². The molecule has 0 aliphatic carbocycles. The van der Waals surface area contributed by atoms with E-state index in [0.717, 1.165) is 28.7 Å². The second-order valence-corrected chi connectivity index (χ2v) is 8.35. The predicted octanol–water partition coefficient (Wildman–Crippen LogP) is 3.43. The molecule has 0 unspecified atom stereocenters. The number of benzene rings is 1. The van der Waals surface area contributed by atoms with Gasteiger partial charge in [-0.05, 0) is 53.0 Å². The number of aromatic amines is 1. The monoisotopic (exact) mass is 492 g/mol. The first-order chi connectivity index (χ1) is 12.9. The van der Waals surface area contributed by atoms with Crippen LogP contribution in [-0.4, -0.2) is 34.1 Å². The van der Waals surface area contributed by atoms with Crippen molar-refractivity contribution in [3.8, 4) is 0 Å². The van der Waals surface area contributed by atoms with E-state index in [2.05, 4.69) is 57.0 Å². The third-order valence-corrected chi connectivity index (χ3v) is 6.10. The Morgan fingerprint density at radius 2 is 2.11 bits per heavy atom. The van der Waals surface area contributed by atoms with Crippen LogP contribution in [0.25, 0.3) is 10.9 Å². The van der Waals surface area contributed by atoms with Crippen LogP contribution in [0.3, 0.4) is 0 Å². The number of rotatable bonds is 3. The molecule has 27 heavy (non-hydrogen) atoms. The normalized spacial score (nSPS) is 16.9. The van der Waals surface area contributed by atoms with Crippen molar-refractivity contribution in [2.24, 2.45) is 5.73 Å². The largest absolute Gasteiger partial charge is 0.339 e. The minimum atomic E-state index is -0.241. The van der Waals surface area contributed by atoms with E-state index >= 15 is 0 Å². The van der Waals surface area contributed by atoms with Crippen molar-refractivity contribution < 1.29 is 0 Å². The van der Waals surface area contributed by atoms with Gasteiger partial charge in [0.05, 0.1) is 9.99 Å². The Balaban J connectivity index is 1.87. The lowest BCUT2D eigenvalue weighted by atomic mass is 10.2. The fourth-order valence-corrected chi connectivity index (χ4v) is 3.81. The molecule has 1 aliphatic rings. The van der Waals surface area contributed by atoms with Crippen molar-refractivity contribution in [2.45, 2.75) is 19.4 Å². The summed E-state index contributed by atoms with van der Waals surface area (Å²) >= 11 is 6.99. The summed E-state index contributed by atoms with van der Waals surface area (Å²) in [5.74, 6) is 1.04. The minimum absolute atomic E-state index is 0.109. The number of halogens is 2. The Kier molecular flexibility index (Phi) is 4.92. The van der Waals surface area contributed by atoms with Crippen LogP contribution in [0.15, 0.2) is 38.1 Å².